The third-order valence-electron chi connectivity index (χ3n) is 17.3. The quantitative estimate of drug-likeness (QED) is 0.0108. The van der Waals surface area contributed by atoms with Crippen molar-refractivity contribution in [3.8, 4) is 52.8 Å². The van der Waals surface area contributed by atoms with Crippen LogP contribution in [-0.4, -0.2) is 273 Å². The minimum Gasteiger partial charge on any atom is -0.493 e. The van der Waals surface area contributed by atoms with Gasteiger partial charge in [-0.05, 0) is 109 Å². The smallest absolute Gasteiger partial charge is 0.354 e. The van der Waals surface area contributed by atoms with Crippen LogP contribution in [0.25, 0.3) is 0 Å². The molecule has 0 amide bonds. The molecule has 0 unspecified atom stereocenters. The Morgan fingerprint density at radius 1 is 0.362 bits per heavy atom. The van der Waals surface area contributed by atoms with Crippen molar-refractivity contribution < 1.29 is 96.3 Å². The number of carbonyl (C=O) groups is 3. The molecule has 0 spiro atoms. The van der Waals surface area contributed by atoms with E-state index in [0.717, 1.165) is 19.6 Å². The molecule has 1 fully saturated rings. The SMILES string of the molecule is C[N+](C)(CCCOc1ccc(C#Cc2cc(CN3CCN(Cc4cc(C#Cc5ccc(OCCC[N+](C)(C)CCCS(=O)(=O)O)cc5)cc(C(=O)O)n4)CCN(Cc4cc(C#Cc5ccc(OCCC[N+](C)(C)CCCS(=O)(=O)O)cc5)cc(C(=O)O)n4)CC3)nc(C(=O)O)c2)cc1)CCCS(=O)(=O)O. The van der Waals surface area contributed by atoms with Crippen LogP contribution in [0.15, 0.2) is 109 Å². The molecule has 30 heteroatoms. The molecule has 0 aliphatic carbocycles. The molecule has 7 rings (SSSR count). The fraction of sp³-hybridized carbons (Fsp3) is 0.440. The van der Waals surface area contributed by atoms with Gasteiger partial charge in [0.1, 0.15) is 34.3 Å². The normalized spacial score (nSPS) is 13.7. The van der Waals surface area contributed by atoms with Gasteiger partial charge in [-0.15, -0.1) is 0 Å². The second-order valence-corrected chi connectivity index (χ2v) is 32.7. The van der Waals surface area contributed by atoms with Crippen molar-refractivity contribution in [1.82, 2.24) is 29.7 Å². The molecule has 0 bridgehead atoms. The molecule has 1 aliphatic heterocycles. The Balaban J connectivity index is 1.08. The monoisotopic (exact) mass is 1510 g/mol. The summed E-state index contributed by atoms with van der Waals surface area (Å²) in [7, 11) is -0.146. The van der Waals surface area contributed by atoms with Gasteiger partial charge in [0, 0.05) is 131 Å². The lowest BCUT2D eigenvalue weighted by Crippen LogP contribution is -2.42. The van der Waals surface area contributed by atoms with E-state index in [1.54, 1.807) is 91.0 Å². The lowest BCUT2D eigenvalue weighted by Gasteiger charge is -2.29. The van der Waals surface area contributed by atoms with Gasteiger partial charge in [0.25, 0.3) is 30.4 Å². The molecule has 6 aromatic rings. The first-order valence-corrected chi connectivity index (χ1v) is 39.3. The van der Waals surface area contributed by atoms with Crippen molar-refractivity contribution in [1.29, 1.82) is 0 Å². The number of rotatable bonds is 36. The predicted octanol–water partition coefficient (Wildman–Crippen LogP) is 6.36. The number of hydrogen-bond acceptors (Lipinski definition) is 18. The summed E-state index contributed by atoms with van der Waals surface area (Å²) >= 11 is 0. The standard InChI is InChI=1S/C75H93N9O18S3/c1-82(2,40-10-46-103(91,92)93)37-7-43-100-67-25-19-58(20-26-67)13-16-61-49-64(76-70(52-61)73(85)86)55-79-31-33-80(56-65-50-62(53-71(77-65)74(87)88)17-14-59-21-27-68(28-22-59)101-44-8-38-83(3,4)41-11-47-104(94,95)96)35-36-81(34-32-79)57-66-51-63(54-72(78-66)75(89)90)18-15-60-23-29-69(30-24-60)102-45-9-39-84(5,6)42-12-48-105(97,98)99/h19-30,49-54H,7-12,31-48,55-57H2,1-6H3,(H3-3,85,86,87,88,89,90,91,92,93,94,95,96,97,98,99)/p+3. The van der Waals surface area contributed by atoms with Gasteiger partial charge in [-0.3, -0.25) is 28.4 Å². The third-order valence-corrected chi connectivity index (χ3v) is 19.7. The van der Waals surface area contributed by atoms with Crippen LogP contribution >= 0.6 is 0 Å². The minimum absolute atomic E-state index is 0.200. The summed E-state index contributed by atoms with van der Waals surface area (Å²) in [5, 5.41) is 30.9. The number of ether oxygens (including phenoxy) is 3. The number of aromatic nitrogens is 3. The largest absolute Gasteiger partial charge is 0.493 e. The maximum absolute atomic E-state index is 12.6. The van der Waals surface area contributed by atoms with Crippen molar-refractivity contribution in [3.63, 3.8) is 0 Å². The maximum Gasteiger partial charge on any atom is 0.354 e. The Bertz CT molecular complexity index is 4040. The van der Waals surface area contributed by atoms with Gasteiger partial charge in [-0.25, -0.2) is 29.3 Å². The molecule has 0 atom stereocenters. The van der Waals surface area contributed by atoms with Crippen LogP contribution in [0.1, 0.15) is 120 Å². The van der Waals surface area contributed by atoms with Gasteiger partial charge in [0.15, 0.2) is 0 Å². The molecule has 0 radical (unpaired) electrons. The van der Waals surface area contributed by atoms with Gasteiger partial charge in [0.05, 0.1) is 136 Å². The lowest BCUT2D eigenvalue weighted by atomic mass is 10.1. The number of aromatic carboxylic acids is 3. The zero-order chi connectivity index (χ0) is 76.4. The highest BCUT2D eigenvalue weighted by molar-refractivity contribution is 7.86. The maximum atomic E-state index is 12.6. The number of pyridine rings is 3. The number of carboxylic acid groups (broad SMARTS) is 3. The van der Waals surface area contributed by atoms with Crippen molar-refractivity contribution in [2.45, 2.75) is 58.2 Å². The summed E-state index contributed by atoms with van der Waals surface area (Å²) in [4.78, 5) is 58.0. The molecule has 1 aliphatic rings. The molecule has 3 aromatic heterocycles. The van der Waals surface area contributed by atoms with E-state index in [9.17, 15) is 55.0 Å². The molecule has 0 saturated carbocycles. The van der Waals surface area contributed by atoms with E-state index in [0.29, 0.717) is 198 Å². The summed E-state index contributed by atoms with van der Waals surface area (Å²) in [6.45, 7) is 8.41. The minimum atomic E-state index is -4.02. The van der Waals surface area contributed by atoms with E-state index in [4.69, 9.17) is 27.9 Å². The van der Waals surface area contributed by atoms with Crippen LogP contribution in [0.2, 0.25) is 0 Å². The zero-order valence-corrected chi connectivity index (χ0v) is 62.8. The van der Waals surface area contributed by atoms with Gasteiger partial charge in [-0.1, -0.05) is 35.5 Å². The van der Waals surface area contributed by atoms with Crippen molar-refractivity contribution >= 4 is 48.3 Å². The predicted molar refractivity (Wildman–Crippen MR) is 396 cm³/mol. The fourth-order valence-electron chi connectivity index (χ4n) is 11.6. The van der Waals surface area contributed by atoms with E-state index in [1.807, 2.05) is 42.3 Å². The van der Waals surface area contributed by atoms with Crippen LogP contribution in [0.3, 0.4) is 0 Å². The van der Waals surface area contributed by atoms with Crippen molar-refractivity contribution in [2.75, 3.05) is 158 Å². The van der Waals surface area contributed by atoms with Crippen LogP contribution in [-0.2, 0) is 50.0 Å². The first kappa shape index (κ1) is 83.4. The number of nitrogens with zero attached hydrogens (tertiary/aromatic N) is 9. The summed E-state index contributed by atoms with van der Waals surface area (Å²) in [6.07, 6.45) is 3.10. The second-order valence-electron chi connectivity index (χ2n) is 27.9. The highest BCUT2D eigenvalue weighted by Gasteiger charge is 2.24. The molecule has 4 heterocycles. The fourth-order valence-corrected chi connectivity index (χ4v) is 13.1. The Morgan fingerprint density at radius 2 is 0.581 bits per heavy atom. The molecule has 105 heavy (non-hydrogen) atoms. The Kier molecular flexibility index (Phi) is 30.9. The van der Waals surface area contributed by atoms with Crippen molar-refractivity contribution in [3.05, 3.63) is 177 Å². The molecule has 6 N–H and O–H groups in total. The highest BCUT2D eigenvalue weighted by Crippen LogP contribution is 2.20. The topological polar surface area (TPSA) is 351 Å². The first-order chi connectivity index (χ1) is 49.5. The number of hydrogen-bond donors (Lipinski definition) is 6. The van der Waals surface area contributed by atoms with E-state index < -0.39 is 48.3 Å². The van der Waals surface area contributed by atoms with Crippen molar-refractivity contribution in [2.24, 2.45) is 0 Å². The average molecular weight is 1510 g/mol. The third kappa shape index (κ3) is 32.6. The van der Waals surface area contributed by atoms with Crippen LogP contribution < -0.4 is 14.2 Å². The lowest BCUT2D eigenvalue weighted by molar-refractivity contribution is -0.890. The summed E-state index contributed by atoms with van der Waals surface area (Å²) in [5.41, 5.74) is 3.93. The number of quaternary nitrogens is 3. The van der Waals surface area contributed by atoms with E-state index in [1.165, 1.54) is 18.2 Å². The molecular weight excluding hydrogens is 1410 g/mol. The van der Waals surface area contributed by atoms with Crippen LogP contribution in [0.5, 0.6) is 17.2 Å². The highest BCUT2D eigenvalue weighted by atomic mass is 32.2. The van der Waals surface area contributed by atoms with Gasteiger partial charge < -0.3 is 43.0 Å². The number of carboxylic acids is 3. The summed E-state index contributed by atoms with van der Waals surface area (Å²) in [5.74, 6) is 16.0. The molecule has 3 aromatic carbocycles. The first-order valence-electron chi connectivity index (χ1n) is 34.4. The summed E-state index contributed by atoms with van der Waals surface area (Å²) in [6, 6.07) is 31.0. The molecule has 27 nitrogen and oxygen atoms in total. The van der Waals surface area contributed by atoms with E-state index in [-0.39, 0.29) is 54.0 Å². The van der Waals surface area contributed by atoms with Gasteiger partial charge in [-0.2, -0.15) is 25.3 Å². The Labute approximate surface area is 616 Å². The summed E-state index contributed by atoms with van der Waals surface area (Å²) < 4.78 is 114. The molecule has 1 saturated heterocycles. The van der Waals surface area contributed by atoms with Crippen LogP contribution in [0, 0.1) is 35.5 Å². The van der Waals surface area contributed by atoms with E-state index >= 15 is 0 Å². The second kappa shape index (κ2) is 38.9. The molecule has 564 valence electrons. The molecular formula is C75H96N9O18S3+3. The van der Waals surface area contributed by atoms with Crippen LogP contribution in [0.4, 0.5) is 0 Å². The Hall–Kier alpha value is -8.91. The van der Waals surface area contributed by atoms with Gasteiger partial charge in [0.2, 0.25) is 0 Å². The van der Waals surface area contributed by atoms with E-state index in [2.05, 4.69) is 65.2 Å². The Morgan fingerprint density at radius 3 is 0.800 bits per heavy atom. The average Bonchev–Trinajstić information content (AvgIpc) is 1.55. The zero-order valence-electron chi connectivity index (χ0n) is 60.3. The van der Waals surface area contributed by atoms with Gasteiger partial charge >= 0.3 is 17.9 Å². The number of benzene rings is 3.